The molecular weight excluding hydrogens is 444 g/mol. The second-order valence-electron chi connectivity index (χ2n) is 10.3. The van der Waals surface area contributed by atoms with Gasteiger partial charge in [0, 0.05) is 17.7 Å². The first kappa shape index (κ1) is 26.5. The Morgan fingerprint density at radius 1 is 1.00 bits per heavy atom. The van der Waals surface area contributed by atoms with E-state index in [0.29, 0.717) is 23.5 Å². The average Bonchev–Trinajstić information content (AvgIpc) is 2.78. The highest BCUT2D eigenvalue weighted by atomic mass is 16.6. The van der Waals surface area contributed by atoms with E-state index in [1.807, 2.05) is 70.1 Å². The van der Waals surface area contributed by atoms with Crippen LogP contribution in [0.5, 0.6) is 5.75 Å². The van der Waals surface area contributed by atoms with Crippen molar-refractivity contribution in [2.24, 2.45) is 0 Å². The molecule has 1 fully saturated rings. The predicted molar refractivity (Wildman–Crippen MR) is 137 cm³/mol. The molecule has 0 spiro atoms. The maximum atomic E-state index is 13.2. The minimum absolute atomic E-state index is 0.335. The molecule has 35 heavy (non-hydrogen) atoms. The second-order valence-corrected chi connectivity index (χ2v) is 10.3. The summed E-state index contributed by atoms with van der Waals surface area (Å²) in [7, 11) is 5.53. The fourth-order valence-corrected chi connectivity index (χ4v) is 4.63. The van der Waals surface area contributed by atoms with Gasteiger partial charge >= 0.3 is 12.1 Å². The molecule has 1 amide bonds. The monoisotopic (exact) mass is 482 g/mol. The minimum atomic E-state index is -0.770. The smallest absolute Gasteiger partial charge is 0.412 e. The van der Waals surface area contributed by atoms with E-state index in [0.717, 1.165) is 43.2 Å². The Morgan fingerprint density at radius 2 is 1.66 bits per heavy atom. The van der Waals surface area contributed by atoms with Gasteiger partial charge in [0.05, 0.1) is 18.4 Å². The van der Waals surface area contributed by atoms with E-state index >= 15 is 0 Å². The van der Waals surface area contributed by atoms with Gasteiger partial charge < -0.3 is 19.1 Å². The third-order valence-electron chi connectivity index (χ3n) is 6.02. The normalized spacial score (nSPS) is 15.4. The van der Waals surface area contributed by atoms with Crippen LogP contribution in [-0.4, -0.2) is 43.8 Å². The van der Waals surface area contributed by atoms with E-state index in [1.165, 1.54) is 0 Å². The number of hydrogen-bond donors (Lipinski definition) is 1. The summed E-state index contributed by atoms with van der Waals surface area (Å²) in [4.78, 5) is 27.7. The van der Waals surface area contributed by atoms with Crippen molar-refractivity contribution in [1.29, 1.82) is 0 Å². The number of nitrogens with zero attached hydrogens (tertiary/aromatic N) is 1. The lowest BCUT2D eigenvalue weighted by atomic mass is 9.77. The molecule has 0 aromatic heterocycles. The maximum absolute atomic E-state index is 13.2. The first-order valence-corrected chi connectivity index (χ1v) is 12.2. The Hall–Kier alpha value is -3.06. The van der Waals surface area contributed by atoms with E-state index in [1.54, 1.807) is 19.2 Å². The molecule has 3 rings (SSSR count). The fourth-order valence-electron chi connectivity index (χ4n) is 4.63. The molecule has 0 bridgehead atoms. The van der Waals surface area contributed by atoms with Crippen LogP contribution in [0.2, 0.25) is 0 Å². The van der Waals surface area contributed by atoms with Crippen molar-refractivity contribution in [3.63, 3.8) is 0 Å². The molecule has 7 nitrogen and oxygen atoms in total. The van der Waals surface area contributed by atoms with Crippen molar-refractivity contribution in [3.05, 3.63) is 59.2 Å². The van der Waals surface area contributed by atoms with Crippen molar-refractivity contribution < 1.29 is 23.8 Å². The third kappa shape index (κ3) is 6.75. The SMILES string of the molecule is COc1c(NC(=O)OC(C)(C)C)ccc(C2(OC(=O)c3ccccc3)CCCCC2)c1CN(C)C. The number of hydrogen-bond acceptors (Lipinski definition) is 6. The van der Waals surface area contributed by atoms with E-state index in [4.69, 9.17) is 14.2 Å². The molecule has 1 N–H and O–H groups in total. The number of esters is 1. The van der Waals surface area contributed by atoms with Crippen LogP contribution in [0.4, 0.5) is 10.5 Å². The standard InChI is InChI=1S/C28H38N2O5/c1-27(2,3)35-26(32)29-23-16-15-22(21(19-30(4)5)24(23)33-6)28(17-11-8-12-18-28)34-25(31)20-13-9-7-10-14-20/h7,9-10,13-16H,8,11-12,17-19H2,1-6H3,(H,29,32). The Labute approximate surface area is 208 Å². The van der Waals surface area contributed by atoms with Gasteiger partial charge in [-0.05, 0) is 78.7 Å². The van der Waals surface area contributed by atoms with E-state index in [2.05, 4.69) is 5.32 Å². The number of anilines is 1. The van der Waals surface area contributed by atoms with Crippen LogP contribution in [0.3, 0.4) is 0 Å². The Morgan fingerprint density at radius 3 is 2.23 bits per heavy atom. The fraction of sp³-hybridized carbons (Fsp3) is 0.500. The molecule has 1 aliphatic carbocycles. The van der Waals surface area contributed by atoms with Crippen molar-refractivity contribution >= 4 is 17.7 Å². The number of nitrogens with one attached hydrogen (secondary N) is 1. The number of ether oxygens (including phenoxy) is 3. The van der Waals surface area contributed by atoms with E-state index in [-0.39, 0.29) is 5.97 Å². The lowest BCUT2D eigenvalue weighted by Gasteiger charge is -2.39. The summed E-state index contributed by atoms with van der Waals surface area (Å²) in [5, 5.41) is 2.83. The van der Waals surface area contributed by atoms with Gasteiger partial charge in [0.15, 0.2) is 0 Å². The highest BCUT2D eigenvalue weighted by molar-refractivity contribution is 5.90. The highest BCUT2D eigenvalue weighted by Gasteiger charge is 2.41. The number of benzene rings is 2. The molecule has 0 saturated heterocycles. The maximum Gasteiger partial charge on any atom is 0.412 e. The van der Waals surface area contributed by atoms with Gasteiger partial charge in [-0.25, -0.2) is 9.59 Å². The molecule has 0 heterocycles. The van der Waals surface area contributed by atoms with Crippen molar-refractivity contribution in [2.45, 2.75) is 70.6 Å². The van der Waals surface area contributed by atoms with Crippen LogP contribution in [0, 0.1) is 0 Å². The summed E-state index contributed by atoms with van der Waals surface area (Å²) >= 11 is 0. The lowest BCUT2D eigenvalue weighted by Crippen LogP contribution is -2.36. The van der Waals surface area contributed by atoms with E-state index in [9.17, 15) is 9.59 Å². The second kappa shape index (κ2) is 11.1. The van der Waals surface area contributed by atoms with Crippen LogP contribution in [0.1, 0.15) is 74.4 Å². The van der Waals surface area contributed by atoms with Gasteiger partial charge in [-0.1, -0.05) is 30.7 Å². The van der Waals surface area contributed by atoms with Gasteiger partial charge in [0.2, 0.25) is 0 Å². The van der Waals surface area contributed by atoms with Gasteiger partial charge in [-0.2, -0.15) is 0 Å². The highest BCUT2D eigenvalue weighted by Crippen LogP contribution is 2.46. The van der Waals surface area contributed by atoms with Crippen LogP contribution in [0.15, 0.2) is 42.5 Å². The van der Waals surface area contributed by atoms with Crippen molar-refractivity contribution in [3.8, 4) is 5.75 Å². The summed E-state index contributed by atoms with van der Waals surface area (Å²) in [6.45, 7) is 6.00. The lowest BCUT2D eigenvalue weighted by molar-refractivity contribution is -0.0424. The van der Waals surface area contributed by atoms with E-state index < -0.39 is 17.3 Å². The molecule has 1 saturated carbocycles. The molecule has 190 valence electrons. The summed E-state index contributed by atoms with van der Waals surface area (Å²) < 4.78 is 17.6. The summed E-state index contributed by atoms with van der Waals surface area (Å²) in [5.41, 5.74) is 1.45. The van der Waals surface area contributed by atoms with Gasteiger partial charge in [0.25, 0.3) is 0 Å². The Bertz CT molecular complexity index is 1020. The van der Waals surface area contributed by atoms with Crippen LogP contribution in [0.25, 0.3) is 0 Å². The molecule has 7 heteroatoms. The van der Waals surface area contributed by atoms with Gasteiger partial charge in [-0.3, -0.25) is 5.32 Å². The zero-order valence-electron chi connectivity index (χ0n) is 21.8. The first-order valence-electron chi connectivity index (χ1n) is 12.2. The third-order valence-corrected chi connectivity index (χ3v) is 6.02. The van der Waals surface area contributed by atoms with Gasteiger partial charge in [-0.15, -0.1) is 0 Å². The molecule has 0 aliphatic heterocycles. The Balaban J connectivity index is 2.06. The number of carbonyl (C=O) groups is 2. The molecular formula is C28H38N2O5. The first-order chi connectivity index (χ1) is 16.5. The molecule has 1 aliphatic rings. The number of rotatable bonds is 7. The van der Waals surface area contributed by atoms with Crippen LogP contribution in [-0.2, 0) is 21.6 Å². The number of amides is 1. The van der Waals surface area contributed by atoms with Gasteiger partial charge in [0.1, 0.15) is 17.0 Å². The summed E-state index contributed by atoms with van der Waals surface area (Å²) in [5.74, 6) is 0.209. The van der Waals surface area contributed by atoms with Crippen molar-refractivity contribution in [2.75, 3.05) is 26.5 Å². The largest absolute Gasteiger partial charge is 0.494 e. The average molecular weight is 483 g/mol. The minimum Gasteiger partial charge on any atom is -0.494 e. The quantitative estimate of drug-likeness (QED) is 0.479. The topological polar surface area (TPSA) is 77.1 Å². The predicted octanol–water partition coefficient (Wildman–Crippen LogP) is 6.12. The molecule has 2 aromatic carbocycles. The molecule has 0 atom stereocenters. The zero-order valence-corrected chi connectivity index (χ0v) is 21.8. The summed E-state index contributed by atoms with van der Waals surface area (Å²) in [6, 6.07) is 12.9. The van der Waals surface area contributed by atoms with Crippen LogP contribution >= 0.6 is 0 Å². The van der Waals surface area contributed by atoms with Crippen molar-refractivity contribution in [1.82, 2.24) is 4.90 Å². The molecule has 2 aromatic rings. The summed E-state index contributed by atoms with van der Waals surface area (Å²) in [6.07, 6.45) is 3.93. The zero-order chi connectivity index (χ0) is 25.6. The molecule has 0 radical (unpaired) electrons. The number of carbonyl (C=O) groups excluding carboxylic acids is 2. The molecule has 0 unspecified atom stereocenters. The number of methoxy groups -OCH3 is 1. The Kier molecular flexibility index (Phi) is 8.43. The van der Waals surface area contributed by atoms with Crippen LogP contribution < -0.4 is 10.1 Å².